The summed E-state index contributed by atoms with van der Waals surface area (Å²) in [7, 11) is -5.90. The van der Waals surface area contributed by atoms with Crippen LogP contribution in [-0.4, -0.2) is 25.9 Å². The molecule has 3 rings (SSSR count). The van der Waals surface area contributed by atoms with Crippen LogP contribution in [-0.2, 0) is 21.5 Å². The maximum Gasteiger partial charge on any atom is 0.534 e. The van der Waals surface area contributed by atoms with Gasteiger partial charge < -0.3 is 14.2 Å². The van der Waals surface area contributed by atoms with E-state index in [4.69, 9.17) is 4.74 Å². The lowest BCUT2D eigenvalue weighted by Gasteiger charge is -2.30. The number of amides is 1. The van der Waals surface area contributed by atoms with Crippen LogP contribution in [0.3, 0.4) is 0 Å². The summed E-state index contributed by atoms with van der Waals surface area (Å²) in [4.78, 5) is 11.6. The first-order valence-electron chi connectivity index (χ1n) is 9.80. The third-order valence-electron chi connectivity index (χ3n) is 4.94. The van der Waals surface area contributed by atoms with Crippen molar-refractivity contribution in [2.24, 2.45) is 0 Å². The Kier molecular flexibility index (Phi) is 7.12. The second-order valence-electron chi connectivity index (χ2n) is 7.31. The molecular weight excluding hydrogens is 447 g/mol. The van der Waals surface area contributed by atoms with E-state index in [2.05, 4.69) is 9.50 Å². The molecule has 0 spiro atoms. The molecule has 6 nitrogen and oxygen atoms in total. The highest BCUT2D eigenvalue weighted by atomic mass is 32.2. The fourth-order valence-electron chi connectivity index (χ4n) is 3.47. The number of ether oxygens (including phenoxy) is 1. The van der Waals surface area contributed by atoms with Gasteiger partial charge in [0, 0.05) is 30.5 Å². The van der Waals surface area contributed by atoms with Gasteiger partial charge in [-0.25, -0.2) is 0 Å². The van der Waals surface area contributed by atoms with Crippen molar-refractivity contribution in [2.45, 2.75) is 43.8 Å². The van der Waals surface area contributed by atoms with E-state index in [-0.39, 0.29) is 23.8 Å². The fourth-order valence-corrected chi connectivity index (χ4v) is 3.94. The highest BCUT2D eigenvalue weighted by Crippen LogP contribution is 2.39. The largest absolute Gasteiger partial charge is 0.534 e. The van der Waals surface area contributed by atoms with Gasteiger partial charge in [-0.05, 0) is 24.5 Å². The number of rotatable bonds is 7. The average molecular weight is 469 g/mol. The molecule has 1 N–H and O–H groups in total. The minimum atomic E-state index is -5.90. The van der Waals surface area contributed by atoms with Crippen molar-refractivity contribution >= 4 is 16.0 Å². The molecule has 2 aromatic carbocycles. The molecule has 0 saturated carbocycles. The van der Waals surface area contributed by atoms with Crippen molar-refractivity contribution in [1.29, 1.82) is 0 Å². The molecule has 2 aromatic rings. The molecule has 0 fully saturated rings. The highest BCUT2D eigenvalue weighted by Gasteiger charge is 2.49. The van der Waals surface area contributed by atoms with E-state index in [0.29, 0.717) is 12.8 Å². The van der Waals surface area contributed by atoms with Crippen molar-refractivity contribution in [1.82, 2.24) is 5.32 Å². The van der Waals surface area contributed by atoms with Crippen LogP contribution in [0.1, 0.15) is 36.8 Å². The normalized spacial score (nSPS) is 18.8. The summed E-state index contributed by atoms with van der Waals surface area (Å²) in [5.41, 5.74) is -4.53. The lowest BCUT2D eigenvalue weighted by atomic mass is 9.83. The van der Waals surface area contributed by atoms with Crippen molar-refractivity contribution in [3.8, 4) is 11.5 Å². The number of nitrogens with one attached hydrogen (secondary N) is 1. The number of allylic oxidation sites excluding steroid dienone is 1. The summed E-state index contributed by atoms with van der Waals surface area (Å²) < 4.78 is 72.6. The third-order valence-corrected chi connectivity index (χ3v) is 5.90. The van der Waals surface area contributed by atoms with Gasteiger partial charge in [0.15, 0.2) is 0 Å². The second kappa shape index (κ2) is 9.64. The molecule has 0 aromatic heterocycles. The molecule has 1 aliphatic carbocycles. The molecule has 0 bridgehead atoms. The monoisotopic (exact) mass is 469 g/mol. The van der Waals surface area contributed by atoms with Gasteiger partial charge in [0.2, 0.25) is 5.91 Å². The summed E-state index contributed by atoms with van der Waals surface area (Å²) in [5, 5.41) is 2.76. The quantitative estimate of drug-likeness (QED) is 0.369. The molecular formula is C22H22F3NO5S. The molecule has 0 radical (unpaired) electrons. The van der Waals surface area contributed by atoms with Gasteiger partial charge in [-0.2, -0.15) is 21.6 Å². The molecule has 2 atom stereocenters. The highest BCUT2D eigenvalue weighted by molar-refractivity contribution is 7.88. The first kappa shape index (κ1) is 23.6. The third kappa shape index (κ3) is 5.82. The number of benzene rings is 2. The van der Waals surface area contributed by atoms with Crippen molar-refractivity contribution in [3.05, 3.63) is 71.8 Å². The molecule has 10 heteroatoms. The Bertz CT molecular complexity index is 1080. The Morgan fingerprint density at radius 3 is 2.44 bits per heavy atom. The van der Waals surface area contributed by atoms with Gasteiger partial charge in [-0.3, -0.25) is 4.79 Å². The maximum atomic E-state index is 13.0. The lowest BCUT2D eigenvalue weighted by Crippen LogP contribution is -2.39. The van der Waals surface area contributed by atoms with E-state index in [9.17, 15) is 26.4 Å². The summed E-state index contributed by atoms with van der Waals surface area (Å²) in [6, 6.07) is 12.8. The molecule has 2 unspecified atom stereocenters. The van der Waals surface area contributed by atoms with E-state index in [1.807, 2.05) is 42.5 Å². The van der Waals surface area contributed by atoms with E-state index in [1.54, 1.807) is 0 Å². The number of carbonyl (C=O) groups excluding carboxylic acids is 1. The minimum absolute atomic E-state index is 0.131. The first-order chi connectivity index (χ1) is 15.1. The van der Waals surface area contributed by atoms with Crippen LogP contribution in [0.2, 0.25) is 0 Å². The van der Waals surface area contributed by atoms with Crippen LogP contribution in [0, 0.1) is 0 Å². The zero-order valence-electron chi connectivity index (χ0n) is 17.1. The van der Waals surface area contributed by atoms with Crippen LogP contribution in [0.5, 0.6) is 11.5 Å². The van der Waals surface area contributed by atoms with Gasteiger partial charge in [0.05, 0.1) is 0 Å². The Balaban J connectivity index is 1.96. The first-order valence-corrected chi connectivity index (χ1v) is 11.2. The van der Waals surface area contributed by atoms with Gasteiger partial charge >= 0.3 is 15.6 Å². The molecule has 1 amide bonds. The Labute approximate surface area is 184 Å². The molecule has 0 aliphatic heterocycles. The SMILES string of the molecule is CC(=O)NC1CC=CCC1c1ccc(OCc2ccccc2)cc1OS(=O)(=O)C(F)(F)F. The zero-order chi connectivity index (χ0) is 23.4. The van der Waals surface area contributed by atoms with Gasteiger partial charge in [-0.1, -0.05) is 48.6 Å². The zero-order valence-corrected chi connectivity index (χ0v) is 17.9. The van der Waals surface area contributed by atoms with Crippen LogP contribution >= 0.6 is 0 Å². The van der Waals surface area contributed by atoms with Gasteiger partial charge in [0.25, 0.3) is 0 Å². The molecule has 32 heavy (non-hydrogen) atoms. The van der Waals surface area contributed by atoms with Crippen LogP contribution in [0.4, 0.5) is 13.2 Å². The number of halogens is 3. The second-order valence-corrected chi connectivity index (χ2v) is 8.85. The van der Waals surface area contributed by atoms with Crippen LogP contribution in [0.25, 0.3) is 0 Å². The topological polar surface area (TPSA) is 81.7 Å². The Hall–Kier alpha value is -3.01. The van der Waals surface area contributed by atoms with Crippen molar-refractivity contribution < 1.29 is 35.3 Å². The minimum Gasteiger partial charge on any atom is -0.489 e. The number of hydrogen-bond donors (Lipinski definition) is 1. The summed E-state index contributed by atoms with van der Waals surface area (Å²) in [5.74, 6) is -1.12. The average Bonchev–Trinajstić information content (AvgIpc) is 2.72. The molecule has 0 saturated heterocycles. The Morgan fingerprint density at radius 1 is 1.09 bits per heavy atom. The number of hydrogen-bond acceptors (Lipinski definition) is 5. The number of alkyl halides is 3. The van der Waals surface area contributed by atoms with Crippen LogP contribution < -0.4 is 14.2 Å². The smallest absolute Gasteiger partial charge is 0.489 e. The Morgan fingerprint density at radius 2 is 1.78 bits per heavy atom. The van der Waals surface area contributed by atoms with Crippen molar-refractivity contribution in [3.63, 3.8) is 0 Å². The molecule has 172 valence electrons. The number of carbonyl (C=O) groups is 1. The van der Waals surface area contributed by atoms with E-state index in [0.717, 1.165) is 11.6 Å². The van der Waals surface area contributed by atoms with Gasteiger partial charge in [-0.15, -0.1) is 0 Å². The standard InChI is InChI=1S/C22H22F3NO5S/c1-15(27)26-20-10-6-5-9-18(20)19-12-11-17(30-14-16-7-3-2-4-8-16)13-21(19)31-32(28,29)22(23,24)25/h2-8,11-13,18,20H,9-10,14H2,1H3,(H,26,27). The summed E-state index contributed by atoms with van der Waals surface area (Å²) in [6.07, 6.45) is 4.51. The molecule has 1 aliphatic rings. The van der Waals surface area contributed by atoms with E-state index in [1.165, 1.54) is 19.1 Å². The van der Waals surface area contributed by atoms with Gasteiger partial charge in [0.1, 0.15) is 18.1 Å². The van der Waals surface area contributed by atoms with Crippen LogP contribution in [0.15, 0.2) is 60.7 Å². The van der Waals surface area contributed by atoms with E-state index < -0.39 is 33.3 Å². The lowest BCUT2D eigenvalue weighted by molar-refractivity contribution is -0.119. The molecule has 0 heterocycles. The van der Waals surface area contributed by atoms with E-state index >= 15 is 0 Å². The predicted molar refractivity (Wildman–Crippen MR) is 112 cm³/mol. The predicted octanol–water partition coefficient (Wildman–Crippen LogP) is 4.43. The van der Waals surface area contributed by atoms with Crippen molar-refractivity contribution in [2.75, 3.05) is 0 Å². The summed E-state index contributed by atoms with van der Waals surface area (Å²) in [6.45, 7) is 1.47. The fraction of sp³-hybridized carbons (Fsp3) is 0.318. The maximum absolute atomic E-state index is 13.0. The summed E-state index contributed by atoms with van der Waals surface area (Å²) >= 11 is 0.